The fourth-order valence-corrected chi connectivity index (χ4v) is 3.02. The van der Waals surface area contributed by atoms with Gasteiger partial charge in [0, 0.05) is 0 Å². The van der Waals surface area contributed by atoms with E-state index >= 15 is 0 Å². The predicted octanol–water partition coefficient (Wildman–Crippen LogP) is 1.29. The summed E-state index contributed by atoms with van der Waals surface area (Å²) in [6.07, 6.45) is -0.736. The van der Waals surface area contributed by atoms with Crippen LogP contribution in [-0.4, -0.2) is 36.0 Å². The molecule has 6 heteroatoms. The molecule has 3 heterocycles. The van der Waals surface area contributed by atoms with E-state index in [1.807, 2.05) is 6.92 Å². The van der Waals surface area contributed by atoms with Crippen LogP contribution in [0.5, 0.6) is 0 Å². The molecule has 5 unspecified atom stereocenters. The molecule has 108 valence electrons. The van der Waals surface area contributed by atoms with Crippen LogP contribution in [0.15, 0.2) is 0 Å². The van der Waals surface area contributed by atoms with Crippen molar-refractivity contribution in [3.05, 3.63) is 11.4 Å². The Balaban J connectivity index is 1.87. The van der Waals surface area contributed by atoms with Crippen LogP contribution in [0.1, 0.15) is 33.6 Å². The fourth-order valence-electron chi connectivity index (χ4n) is 3.02. The summed E-state index contributed by atoms with van der Waals surface area (Å²) in [5.74, 6) is -1.19. The largest absolute Gasteiger partial charge is 0.446 e. The third-order valence-electron chi connectivity index (χ3n) is 4.74. The SMILES string of the molecule is [C-]#[N+]C12OC(=O)C3CC(OC31)C2OC(=O)C(C)(C)CC. The molecule has 3 rings (SSSR count). The summed E-state index contributed by atoms with van der Waals surface area (Å²) in [5, 5.41) is 0. The van der Waals surface area contributed by atoms with Gasteiger partial charge in [-0.1, -0.05) is 6.92 Å². The number of ether oxygens (including phenoxy) is 3. The summed E-state index contributed by atoms with van der Waals surface area (Å²) in [6, 6.07) is 0. The van der Waals surface area contributed by atoms with Crippen molar-refractivity contribution in [1.82, 2.24) is 0 Å². The van der Waals surface area contributed by atoms with Crippen molar-refractivity contribution in [2.45, 2.75) is 57.6 Å². The Labute approximate surface area is 117 Å². The quantitative estimate of drug-likeness (QED) is 0.575. The zero-order valence-electron chi connectivity index (χ0n) is 11.7. The first-order chi connectivity index (χ1) is 9.35. The fraction of sp³-hybridized carbons (Fsp3) is 0.786. The van der Waals surface area contributed by atoms with Gasteiger partial charge in [-0.25, -0.2) is 6.57 Å². The van der Waals surface area contributed by atoms with Crippen LogP contribution in [-0.2, 0) is 23.8 Å². The lowest BCUT2D eigenvalue weighted by molar-refractivity contribution is -0.175. The summed E-state index contributed by atoms with van der Waals surface area (Å²) in [7, 11) is 0. The van der Waals surface area contributed by atoms with Gasteiger partial charge in [-0.15, -0.1) is 0 Å². The van der Waals surface area contributed by atoms with E-state index in [0.29, 0.717) is 12.8 Å². The van der Waals surface area contributed by atoms with Crippen LogP contribution in [0.4, 0.5) is 0 Å². The molecule has 3 aliphatic rings. The maximum atomic E-state index is 12.2. The minimum Gasteiger partial charge on any atom is -0.446 e. The molecule has 0 aromatic heterocycles. The summed E-state index contributed by atoms with van der Waals surface area (Å²) in [6.45, 7) is 12.8. The number of hydrogen-bond donors (Lipinski definition) is 0. The smallest absolute Gasteiger partial charge is 0.444 e. The second-order valence-electron chi connectivity index (χ2n) is 6.29. The molecule has 2 bridgehead atoms. The monoisotopic (exact) mass is 279 g/mol. The van der Waals surface area contributed by atoms with Gasteiger partial charge in [-0.2, -0.15) is 0 Å². The molecule has 0 aromatic carbocycles. The van der Waals surface area contributed by atoms with Crippen LogP contribution < -0.4 is 0 Å². The van der Waals surface area contributed by atoms with E-state index in [0.717, 1.165) is 0 Å². The molecule has 0 saturated carbocycles. The molecule has 0 N–H and O–H groups in total. The van der Waals surface area contributed by atoms with Crippen molar-refractivity contribution in [2.24, 2.45) is 11.3 Å². The average molecular weight is 279 g/mol. The van der Waals surface area contributed by atoms with Crippen molar-refractivity contribution in [3.8, 4) is 0 Å². The lowest BCUT2D eigenvalue weighted by Gasteiger charge is -2.28. The zero-order chi connectivity index (χ0) is 14.7. The second-order valence-corrected chi connectivity index (χ2v) is 6.29. The highest BCUT2D eigenvalue weighted by atomic mass is 16.7. The van der Waals surface area contributed by atoms with Gasteiger partial charge in [0.25, 0.3) is 0 Å². The van der Waals surface area contributed by atoms with Crippen LogP contribution >= 0.6 is 0 Å². The highest BCUT2D eigenvalue weighted by molar-refractivity contribution is 5.80. The van der Waals surface area contributed by atoms with E-state index in [2.05, 4.69) is 4.85 Å². The van der Waals surface area contributed by atoms with Crippen molar-refractivity contribution in [1.29, 1.82) is 0 Å². The number of fused-ring (bicyclic) bond motifs is 1. The molecule has 0 aliphatic carbocycles. The van der Waals surface area contributed by atoms with E-state index in [1.54, 1.807) is 13.8 Å². The summed E-state index contributed by atoms with van der Waals surface area (Å²) >= 11 is 0. The Kier molecular flexibility index (Phi) is 2.64. The standard InChI is InChI=1S/C14H17NO5/c1-5-13(2,3)12(17)19-10-8-6-7-9(18-8)14(10,15-4)20-11(7)16/h7-10H,5-6H2,1-3H3. The van der Waals surface area contributed by atoms with Gasteiger partial charge in [-0.05, 0) is 26.7 Å². The van der Waals surface area contributed by atoms with Crippen LogP contribution in [0.2, 0.25) is 0 Å². The van der Waals surface area contributed by atoms with E-state index in [1.165, 1.54) is 0 Å². The number of rotatable bonds is 3. The van der Waals surface area contributed by atoms with Crippen molar-refractivity contribution in [3.63, 3.8) is 0 Å². The number of nitrogens with zero attached hydrogens (tertiary/aromatic N) is 1. The molecule has 0 spiro atoms. The first-order valence-corrected chi connectivity index (χ1v) is 6.83. The third kappa shape index (κ3) is 1.47. The van der Waals surface area contributed by atoms with E-state index < -0.39 is 35.4 Å². The van der Waals surface area contributed by atoms with Crippen LogP contribution in [0.3, 0.4) is 0 Å². The summed E-state index contributed by atoms with van der Waals surface area (Å²) in [4.78, 5) is 27.4. The van der Waals surface area contributed by atoms with Crippen LogP contribution in [0, 0.1) is 17.9 Å². The van der Waals surface area contributed by atoms with E-state index in [4.69, 9.17) is 20.8 Å². The maximum absolute atomic E-state index is 12.2. The Morgan fingerprint density at radius 1 is 1.60 bits per heavy atom. The van der Waals surface area contributed by atoms with Gasteiger partial charge in [0.2, 0.25) is 6.10 Å². The molecule has 0 aromatic rings. The Morgan fingerprint density at radius 3 is 2.90 bits per heavy atom. The summed E-state index contributed by atoms with van der Waals surface area (Å²) < 4.78 is 16.4. The van der Waals surface area contributed by atoms with Gasteiger partial charge >= 0.3 is 17.7 Å². The number of esters is 2. The van der Waals surface area contributed by atoms with E-state index in [-0.39, 0.29) is 11.9 Å². The van der Waals surface area contributed by atoms with Crippen LogP contribution in [0.25, 0.3) is 4.85 Å². The first kappa shape index (κ1) is 13.4. The Morgan fingerprint density at radius 2 is 2.30 bits per heavy atom. The predicted molar refractivity (Wildman–Crippen MR) is 66.1 cm³/mol. The van der Waals surface area contributed by atoms with Gasteiger partial charge in [0.1, 0.15) is 6.10 Å². The highest BCUT2D eigenvalue weighted by Crippen LogP contribution is 2.55. The van der Waals surface area contributed by atoms with Gasteiger partial charge in [-0.3, -0.25) is 14.4 Å². The molecule has 5 atom stereocenters. The Bertz CT molecular complexity index is 522. The van der Waals surface area contributed by atoms with Crippen molar-refractivity contribution < 1.29 is 23.8 Å². The number of carbonyl (C=O) groups is 2. The molecular formula is C14H17NO5. The molecule has 0 amide bonds. The molecule has 3 fully saturated rings. The zero-order valence-corrected chi connectivity index (χ0v) is 11.7. The molecule has 0 radical (unpaired) electrons. The minimum absolute atomic E-state index is 0.385. The lowest BCUT2D eigenvalue weighted by atomic mass is 9.83. The minimum atomic E-state index is -1.47. The molecule has 3 aliphatic heterocycles. The maximum Gasteiger partial charge on any atom is 0.444 e. The Hall–Kier alpha value is -1.61. The molecular weight excluding hydrogens is 262 g/mol. The second kappa shape index (κ2) is 3.95. The number of hydrogen-bond acceptors (Lipinski definition) is 5. The topological polar surface area (TPSA) is 66.2 Å². The first-order valence-electron chi connectivity index (χ1n) is 6.83. The average Bonchev–Trinajstić information content (AvgIpc) is 3.01. The summed E-state index contributed by atoms with van der Waals surface area (Å²) in [5.41, 5.74) is -2.10. The van der Waals surface area contributed by atoms with E-state index in [9.17, 15) is 9.59 Å². The van der Waals surface area contributed by atoms with Gasteiger partial charge in [0.15, 0.2) is 6.10 Å². The highest BCUT2D eigenvalue weighted by Gasteiger charge is 2.80. The molecule has 6 nitrogen and oxygen atoms in total. The third-order valence-corrected chi connectivity index (χ3v) is 4.74. The van der Waals surface area contributed by atoms with Crippen molar-refractivity contribution in [2.75, 3.05) is 0 Å². The molecule has 3 saturated heterocycles. The van der Waals surface area contributed by atoms with Gasteiger partial charge < -0.3 is 14.2 Å². The normalized spacial score (nSPS) is 41.4. The van der Waals surface area contributed by atoms with Gasteiger partial charge in [0.05, 0.1) is 11.3 Å². The van der Waals surface area contributed by atoms with Crippen molar-refractivity contribution >= 4 is 11.9 Å². The molecule has 20 heavy (non-hydrogen) atoms. The lowest BCUT2D eigenvalue weighted by Crippen LogP contribution is -2.51. The number of carbonyl (C=O) groups excluding carboxylic acids is 2.